The van der Waals surface area contributed by atoms with Crippen LogP contribution in [0.2, 0.25) is 0 Å². The molecule has 4 atom stereocenters. The van der Waals surface area contributed by atoms with Crippen LogP contribution in [0.3, 0.4) is 0 Å². The molecule has 2 nitrogen and oxygen atoms in total. The quantitative estimate of drug-likeness (QED) is 0.529. The second-order valence-electron chi connectivity index (χ2n) is 6.58. The van der Waals surface area contributed by atoms with Crippen LogP contribution >= 0.6 is 0 Å². The van der Waals surface area contributed by atoms with Gasteiger partial charge in [0.05, 0.1) is 0 Å². The second-order valence-corrected chi connectivity index (χ2v) is 6.58. The highest BCUT2D eigenvalue weighted by atomic mass is 16.6. The second kappa shape index (κ2) is 2.61. The molecule has 1 saturated heterocycles. The van der Waals surface area contributed by atoms with Crippen LogP contribution in [0.25, 0.3) is 0 Å². The van der Waals surface area contributed by atoms with Gasteiger partial charge in [-0.15, -0.1) is 0 Å². The highest BCUT2D eigenvalue weighted by molar-refractivity contribution is 5.87. The van der Waals surface area contributed by atoms with E-state index in [-0.39, 0.29) is 22.4 Å². The molecule has 0 unspecified atom stereocenters. The Labute approximate surface area is 97.1 Å². The SMILES string of the molecule is CC(=O)/C=C/[C@]12O[C@@]1(C)[C@H]1C[C@H]1CC2(C)C. The number of hydrogen-bond acceptors (Lipinski definition) is 2. The minimum Gasteiger partial charge on any atom is -0.357 e. The van der Waals surface area contributed by atoms with Gasteiger partial charge in [0.2, 0.25) is 0 Å². The summed E-state index contributed by atoms with van der Waals surface area (Å²) in [6.07, 6.45) is 6.27. The molecule has 0 spiro atoms. The average Bonchev–Trinajstić information content (AvgIpc) is 2.98. The summed E-state index contributed by atoms with van der Waals surface area (Å²) in [5.74, 6) is 1.71. The Morgan fingerprint density at radius 3 is 2.69 bits per heavy atom. The normalized spacial score (nSPS) is 52.0. The molecular weight excluding hydrogens is 200 g/mol. The van der Waals surface area contributed by atoms with Crippen molar-refractivity contribution in [3.05, 3.63) is 12.2 Å². The van der Waals surface area contributed by atoms with Gasteiger partial charge in [0, 0.05) is 5.41 Å². The predicted octanol–water partition coefficient (Wildman–Crippen LogP) is 2.73. The number of fused-ring (bicyclic) bond motifs is 3. The Hall–Kier alpha value is -0.630. The smallest absolute Gasteiger partial charge is 0.152 e. The van der Waals surface area contributed by atoms with Crippen molar-refractivity contribution in [2.45, 2.75) is 51.7 Å². The van der Waals surface area contributed by atoms with E-state index in [2.05, 4.69) is 20.8 Å². The molecule has 2 aliphatic carbocycles. The highest BCUT2D eigenvalue weighted by Crippen LogP contribution is 2.76. The first kappa shape index (κ1) is 10.5. The lowest BCUT2D eigenvalue weighted by molar-refractivity contribution is -0.112. The number of ketones is 1. The Bertz CT molecular complexity index is 389. The lowest BCUT2D eigenvalue weighted by atomic mass is 9.64. The Kier molecular flexibility index (Phi) is 1.72. The molecule has 3 aliphatic rings. The van der Waals surface area contributed by atoms with Crippen LogP contribution in [0.1, 0.15) is 40.5 Å². The van der Waals surface area contributed by atoms with Crippen LogP contribution in [0.4, 0.5) is 0 Å². The largest absolute Gasteiger partial charge is 0.357 e. The van der Waals surface area contributed by atoms with Crippen LogP contribution in [-0.4, -0.2) is 17.0 Å². The van der Waals surface area contributed by atoms with Crippen LogP contribution in [-0.2, 0) is 9.53 Å². The minimum absolute atomic E-state index is 0.00532. The molecular formula is C14H20O2. The maximum atomic E-state index is 11.1. The molecule has 0 N–H and O–H groups in total. The van der Waals surface area contributed by atoms with Gasteiger partial charge in [-0.25, -0.2) is 0 Å². The van der Waals surface area contributed by atoms with E-state index in [1.807, 2.05) is 6.08 Å². The molecule has 0 aromatic carbocycles. The van der Waals surface area contributed by atoms with E-state index in [1.54, 1.807) is 13.0 Å². The van der Waals surface area contributed by atoms with Crippen molar-refractivity contribution in [2.24, 2.45) is 17.3 Å². The monoisotopic (exact) mass is 220 g/mol. The van der Waals surface area contributed by atoms with Crippen molar-refractivity contribution in [2.75, 3.05) is 0 Å². The molecule has 2 saturated carbocycles. The zero-order valence-corrected chi connectivity index (χ0v) is 10.5. The van der Waals surface area contributed by atoms with Crippen molar-refractivity contribution in [1.82, 2.24) is 0 Å². The molecule has 0 amide bonds. The van der Waals surface area contributed by atoms with E-state index in [0.29, 0.717) is 0 Å². The van der Waals surface area contributed by atoms with Gasteiger partial charge in [-0.3, -0.25) is 4.79 Å². The zero-order valence-electron chi connectivity index (χ0n) is 10.5. The van der Waals surface area contributed by atoms with Crippen LogP contribution in [0, 0.1) is 17.3 Å². The van der Waals surface area contributed by atoms with E-state index in [9.17, 15) is 4.79 Å². The highest BCUT2D eigenvalue weighted by Gasteiger charge is 2.81. The summed E-state index contributed by atoms with van der Waals surface area (Å²) in [5, 5.41) is 0. The minimum atomic E-state index is -0.177. The van der Waals surface area contributed by atoms with Gasteiger partial charge < -0.3 is 4.74 Å². The van der Waals surface area contributed by atoms with Crippen molar-refractivity contribution in [3.8, 4) is 0 Å². The molecule has 2 heteroatoms. The third-order valence-corrected chi connectivity index (χ3v) is 5.03. The summed E-state index contributed by atoms with van der Waals surface area (Å²) in [6, 6.07) is 0. The fourth-order valence-electron chi connectivity index (χ4n) is 4.08. The van der Waals surface area contributed by atoms with Crippen LogP contribution in [0.5, 0.6) is 0 Å². The molecule has 16 heavy (non-hydrogen) atoms. The fourth-order valence-corrected chi connectivity index (χ4v) is 4.08. The fraction of sp³-hybridized carbons (Fsp3) is 0.786. The summed E-state index contributed by atoms with van der Waals surface area (Å²) in [4.78, 5) is 11.1. The van der Waals surface area contributed by atoms with Crippen LogP contribution in [0.15, 0.2) is 12.2 Å². The predicted molar refractivity (Wildman–Crippen MR) is 62.0 cm³/mol. The van der Waals surface area contributed by atoms with Crippen LogP contribution < -0.4 is 0 Å². The first-order chi connectivity index (χ1) is 7.32. The van der Waals surface area contributed by atoms with Gasteiger partial charge >= 0.3 is 0 Å². The number of carbonyl (C=O) groups excluding carboxylic acids is 1. The number of rotatable bonds is 2. The Balaban J connectivity index is 1.97. The number of carbonyl (C=O) groups is 1. The summed E-state index contributed by atoms with van der Waals surface area (Å²) in [5.41, 5.74) is -0.0138. The Morgan fingerprint density at radius 1 is 1.38 bits per heavy atom. The summed E-state index contributed by atoms with van der Waals surface area (Å²) in [7, 11) is 0. The lowest BCUT2D eigenvalue weighted by Gasteiger charge is -2.36. The summed E-state index contributed by atoms with van der Waals surface area (Å²) < 4.78 is 6.13. The van der Waals surface area contributed by atoms with Crippen molar-refractivity contribution in [3.63, 3.8) is 0 Å². The van der Waals surface area contributed by atoms with Gasteiger partial charge in [-0.05, 0) is 50.7 Å². The number of epoxide rings is 1. The summed E-state index contributed by atoms with van der Waals surface area (Å²) in [6.45, 7) is 8.38. The standard InChI is InChI=1S/C14H20O2/c1-9(15)5-6-14-12(2,3)8-10-7-11(10)13(14,4)16-14/h5-6,10-11H,7-8H2,1-4H3/b6-5+/t10-,11-,13-,14+/m0/s1. The van der Waals surface area contributed by atoms with Gasteiger partial charge in [0.1, 0.15) is 11.2 Å². The molecule has 88 valence electrons. The first-order valence-corrected chi connectivity index (χ1v) is 6.22. The van der Waals surface area contributed by atoms with Gasteiger partial charge in [0.25, 0.3) is 0 Å². The zero-order chi connectivity index (χ0) is 11.8. The molecule has 0 aromatic heterocycles. The lowest BCUT2D eigenvalue weighted by Crippen LogP contribution is -2.42. The average molecular weight is 220 g/mol. The molecule has 0 bridgehead atoms. The van der Waals surface area contributed by atoms with Gasteiger partial charge in [-0.1, -0.05) is 13.8 Å². The van der Waals surface area contributed by atoms with E-state index >= 15 is 0 Å². The number of allylic oxidation sites excluding steroid dienone is 1. The molecule has 3 fully saturated rings. The molecule has 3 rings (SSSR count). The number of ether oxygens (including phenoxy) is 1. The maximum Gasteiger partial charge on any atom is 0.152 e. The summed E-state index contributed by atoms with van der Waals surface area (Å²) >= 11 is 0. The molecule has 1 aliphatic heterocycles. The number of hydrogen-bond donors (Lipinski definition) is 0. The third kappa shape index (κ3) is 1.04. The maximum absolute atomic E-state index is 11.1. The Morgan fingerprint density at radius 2 is 2.06 bits per heavy atom. The van der Waals surface area contributed by atoms with Crippen molar-refractivity contribution in [1.29, 1.82) is 0 Å². The topological polar surface area (TPSA) is 29.6 Å². The van der Waals surface area contributed by atoms with Gasteiger partial charge in [0.15, 0.2) is 5.78 Å². The van der Waals surface area contributed by atoms with Crippen molar-refractivity contribution < 1.29 is 9.53 Å². The van der Waals surface area contributed by atoms with Gasteiger partial charge in [-0.2, -0.15) is 0 Å². The third-order valence-electron chi connectivity index (χ3n) is 5.03. The first-order valence-electron chi connectivity index (χ1n) is 6.22. The molecule has 0 aromatic rings. The van der Waals surface area contributed by atoms with E-state index in [1.165, 1.54) is 12.8 Å². The van der Waals surface area contributed by atoms with E-state index in [0.717, 1.165) is 11.8 Å². The van der Waals surface area contributed by atoms with E-state index < -0.39 is 0 Å². The van der Waals surface area contributed by atoms with E-state index in [4.69, 9.17) is 4.74 Å². The molecule has 0 radical (unpaired) electrons. The molecule has 1 heterocycles. The van der Waals surface area contributed by atoms with Crippen molar-refractivity contribution >= 4 is 5.78 Å².